The van der Waals surface area contributed by atoms with Crippen LogP contribution in [-0.4, -0.2) is 15.9 Å². The van der Waals surface area contributed by atoms with Crippen molar-refractivity contribution in [1.82, 2.24) is 4.98 Å². The maximum Gasteiger partial charge on any atom is 0.0883 e. The summed E-state index contributed by atoms with van der Waals surface area (Å²) in [5.74, 6) is 0. The van der Waals surface area contributed by atoms with E-state index in [1.807, 2.05) is 12.1 Å². The number of rotatable bonds is 12. The quantitative estimate of drug-likeness (QED) is 0.237. The first-order valence-corrected chi connectivity index (χ1v) is 8.49. The Labute approximate surface area is 129 Å². The van der Waals surface area contributed by atoms with Crippen molar-refractivity contribution in [3.63, 3.8) is 0 Å². The first-order chi connectivity index (χ1) is 10.4. The van der Waals surface area contributed by atoms with Crippen LogP contribution in [0.4, 0.5) is 0 Å². The molecule has 1 heterocycles. The minimum absolute atomic E-state index is 0.752. The second-order valence-electron chi connectivity index (χ2n) is 5.72. The zero-order valence-electron chi connectivity index (χ0n) is 13.4. The Morgan fingerprint density at radius 3 is 2.14 bits per heavy atom. The zero-order valence-corrected chi connectivity index (χ0v) is 13.4. The Morgan fingerprint density at radius 2 is 1.62 bits per heavy atom. The summed E-state index contributed by atoms with van der Waals surface area (Å²) in [4.78, 5) is 4.06. The van der Waals surface area contributed by atoms with Crippen LogP contribution < -0.4 is 0 Å². The topological polar surface area (TPSA) is 45.5 Å². The summed E-state index contributed by atoms with van der Waals surface area (Å²) >= 11 is 0. The van der Waals surface area contributed by atoms with E-state index < -0.39 is 0 Å². The van der Waals surface area contributed by atoms with Crippen LogP contribution in [0.25, 0.3) is 0 Å². The van der Waals surface area contributed by atoms with Crippen molar-refractivity contribution in [2.24, 2.45) is 5.16 Å². The third-order valence-corrected chi connectivity index (χ3v) is 3.88. The Bertz CT molecular complexity index is 376. The minimum atomic E-state index is 0.752. The second kappa shape index (κ2) is 12.4. The van der Waals surface area contributed by atoms with E-state index in [4.69, 9.17) is 5.21 Å². The van der Waals surface area contributed by atoms with Crippen LogP contribution in [0.2, 0.25) is 0 Å². The lowest BCUT2D eigenvalue weighted by Crippen LogP contribution is -2.01. The van der Waals surface area contributed by atoms with Crippen molar-refractivity contribution in [2.45, 2.75) is 77.6 Å². The van der Waals surface area contributed by atoms with Crippen LogP contribution in [0, 0.1) is 0 Å². The van der Waals surface area contributed by atoms with E-state index in [2.05, 4.69) is 17.1 Å². The predicted molar refractivity (Wildman–Crippen MR) is 89.0 cm³/mol. The summed E-state index contributed by atoms with van der Waals surface area (Å²) in [5, 5.41) is 12.5. The van der Waals surface area contributed by atoms with Gasteiger partial charge in [-0.2, -0.15) is 0 Å². The molecule has 0 aliphatic heterocycles. The van der Waals surface area contributed by atoms with Gasteiger partial charge in [0.15, 0.2) is 0 Å². The fourth-order valence-electron chi connectivity index (χ4n) is 2.57. The molecule has 0 amide bonds. The third kappa shape index (κ3) is 8.49. The summed E-state index contributed by atoms with van der Waals surface area (Å²) in [6, 6.07) is 3.82. The molecule has 0 aliphatic rings. The highest BCUT2D eigenvalue weighted by molar-refractivity contribution is 5.99. The summed E-state index contributed by atoms with van der Waals surface area (Å²) in [5.41, 5.74) is 1.68. The summed E-state index contributed by atoms with van der Waals surface area (Å²) in [7, 11) is 0. The Hall–Kier alpha value is -1.38. The lowest BCUT2D eigenvalue weighted by atomic mass is 10.0. The molecular formula is C18H30N2O. The summed E-state index contributed by atoms with van der Waals surface area (Å²) in [6.45, 7) is 2.26. The van der Waals surface area contributed by atoms with Crippen molar-refractivity contribution in [3.05, 3.63) is 30.1 Å². The van der Waals surface area contributed by atoms with E-state index in [9.17, 15) is 0 Å². The van der Waals surface area contributed by atoms with Gasteiger partial charge in [0.25, 0.3) is 0 Å². The van der Waals surface area contributed by atoms with Gasteiger partial charge in [-0.3, -0.25) is 4.98 Å². The fraction of sp³-hybridized carbons (Fsp3) is 0.667. The molecule has 1 aromatic rings. The molecule has 0 fully saturated rings. The van der Waals surface area contributed by atoms with Gasteiger partial charge in [0, 0.05) is 18.0 Å². The van der Waals surface area contributed by atoms with Crippen LogP contribution in [0.3, 0.4) is 0 Å². The third-order valence-electron chi connectivity index (χ3n) is 3.88. The number of oxime groups is 1. The highest BCUT2D eigenvalue weighted by Gasteiger charge is 2.03. The monoisotopic (exact) mass is 290 g/mol. The molecule has 0 unspecified atom stereocenters. The number of hydrogen-bond donors (Lipinski definition) is 1. The van der Waals surface area contributed by atoms with E-state index in [1.165, 1.54) is 57.8 Å². The highest BCUT2D eigenvalue weighted by atomic mass is 16.4. The van der Waals surface area contributed by atoms with Crippen LogP contribution in [0.15, 0.2) is 29.7 Å². The molecule has 3 heteroatoms. The molecule has 3 nitrogen and oxygen atoms in total. The Kier molecular flexibility index (Phi) is 10.4. The van der Waals surface area contributed by atoms with Gasteiger partial charge < -0.3 is 5.21 Å². The van der Waals surface area contributed by atoms with E-state index in [-0.39, 0.29) is 0 Å². The molecule has 1 aromatic heterocycles. The predicted octanol–water partition coefficient (Wildman–Crippen LogP) is 5.57. The smallest absolute Gasteiger partial charge is 0.0883 e. The number of unbranched alkanes of at least 4 members (excludes halogenated alkanes) is 9. The molecule has 0 bridgehead atoms. The van der Waals surface area contributed by atoms with Crippen molar-refractivity contribution >= 4 is 5.71 Å². The maximum absolute atomic E-state index is 9.08. The lowest BCUT2D eigenvalue weighted by Gasteiger charge is -2.04. The van der Waals surface area contributed by atoms with E-state index in [0.717, 1.165) is 24.1 Å². The van der Waals surface area contributed by atoms with Crippen LogP contribution in [0.1, 0.15) is 83.1 Å². The maximum atomic E-state index is 9.08. The standard InChI is InChI=1S/C18H30N2O/c1-2-3-4-5-6-7-8-9-10-11-14-18(20-21)17-13-12-15-19-16-17/h12-13,15-16,21H,2-11,14H2,1H3/b20-18-. The average Bonchev–Trinajstić information content (AvgIpc) is 2.54. The number of nitrogens with zero attached hydrogens (tertiary/aromatic N) is 2. The van der Waals surface area contributed by atoms with Gasteiger partial charge in [-0.15, -0.1) is 0 Å². The van der Waals surface area contributed by atoms with Gasteiger partial charge in [-0.1, -0.05) is 69.9 Å². The average molecular weight is 290 g/mol. The molecule has 0 saturated carbocycles. The molecule has 0 atom stereocenters. The highest BCUT2D eigenvalue weighted by Crippen LogP contribution is 2.13. The first-order valence-electron chi connectivity index (χ1n) is 8.49. The van der Waals surface area contributed by atoms with Gasteiger partial charge in [0.2, 0.25) is 0 Å². The molecule has 0 aromatic carbocycles. The van der Waals surface area contributed by atoms with Gasteiger partial charge in [0.1, 0.15) is 0 Å². The van der Waals surface area contributed by atoms with E-state index in [1.54, 1.807) is 12.4 Å². The number of pyridine rings is 1. The van der Waals surface area contributed by atoms with Gasteiger partial charge in [0.05, 0.1) is 5.71 Å². The normalized spacial score (nSPS) is 11.8. The molecule has 1 rings (SSSR count). The molecule has 1 N–H and O–H groups in total. The summed E-state index contributed by atoms with van der Waals surface area (Å²) in [6.07, 6.45) is 17.5. The summed E-state index contributed by atoms with van der Waals surface area (Å²) < 4.78 is 0. The molecule has 118 valence electrons. The van der Waals surface area contributed by atoms with Crippen LogP contribution >= 0.6 is 0 Å². The molecule has 21 heavy (non-hydrogen) atoms. The van der Waals surface area contributed by atoms with Crippen LogP contribution in [0.5, 0.6) is 0 Å². The lowest BCUT2D eigenvalue weighted by molar-refractivity contribution is 0.317. The zero-order chi connectivity index (χ0) is 15.2. The van der Waals surface area contributed by atoms with Crippen molar-refractivity contribution in [3.8, 4) is 0 Å². The van der Waals surface area contributed by atoms with E-state index in [0.29, 0.717) is 0 Å². The van der Waals surface area contributed by atoms with Gasteiger partial charge in [-0.25, -0.2) is 0 Å². The molecule has 0 radical (unpaired) electrons. The Morgan fingerprint density at radius 1 is 1.00 bits per heavy atom. The molecule has 0 aliphatic carbocycles. The number of aromatic nitrogens is 1. The first kappa shape index (κ1) is 17.7. The van der Waals surface area contributed by atoms with E-state index >= 15 is 0 Å². The second-order valence-corrected chi connectivity index (χ2v) is 5.72. The molecular weight excluding hydrogens is 260 g/mol. The fourth-order valence-corrected chi connectivity index (χ4v) is 2.57. The number of hydrogen-bond acceptors (Lipinski definition) is 3. The van der Waals surface area contributed by atoms with Crippen molar-refractivity contribution < 1.29 is 5.21 Å². The van der Waals surface area contributed by atoms with Gasteiger partial charge in [-0.05, 0) is 25.0 Å². The largest absolute Gasteiger partial charge is 0.411 e. The Balaban J connectivity index is 2.01. The van der Waals surface area contributed by atoms with Gasteiger partial charge >= 0.3 is 0 Å². The minimum Gasteiger partial charge on any atom is -0.411 e. The SMILES string of the molecule is CCCCCCCCCCCC/C(=N/O)c1cccnc1. The van der Waals surface area contributed by atoms with Crippen molar-refractivity contribution in [2.75, 3.05) is 0 Å². The van der Waals surface area contributed by atoms with Crippen LogP contribution in [-0.2, 0) is 0 Å². The van der Waals surface area contributed by atoms with Crippen molar-refractivity contribution in [1.29, 1.82) is 0 Å². The molecule has 0 spiro atoms. The molecule has 0 saturated heterocycles.